The molecule has 0 saturated heterocycles. The van der Waals surface area contributed by atoms with Crippen LogP contribution in [-0.4, -0.2) is 13.1 Å². The van der Waals surface area contributed by atoms with Gasteiger partial charge in [-0.15, -0.1) is 0 Å². The van der Waals surface area contributed by atoms with Crippen molar-refractivity contribution < 1.29 is 0 Å². The zero-order valence-corrected chi connectivity index (χ0v) is 11.4. The minimum Gasteiger partial charge on any atom is -0.385 e. The van der Waals surface area contributed by atoms with E-state index in [4.69, 9.17) is 0 Å². The first kappa shape index (κ1) is 12.1. The van der Waals surface area contributed by atoms with E-state index in [1.165, 1.54) is 35.5 Å². The highest BCUT2D eigenvalue weighted by Gasteiger charge is 2.12. The number of aryl methyl sites for hydroxylation is 1. The molecule has 1 N–H and O–H groups in total. The van der Waals surface area contributed by atoms with Crippen LogP contribution in [0.4, 0.5) is 17.1 Å². The summed E-state index contributed by atoms with van der Waals surface area (Å²) >= 11 is 0. The lowest BCUT2D eigenvalue weighted by Crippen LogP contribution is -2.17. The van der Waals surface area contributed by atoms with Gasteiger partial charge in [-0.3, -0.25) is 0 Å². The van der Waals surface area contributed by atoms with Crippen molar-refractivity contribution >= 4 is 17.1 Å². The molecule has 19 heavy (non-hydrogen) atoms. The lowest BCUT2D eigenvalue weighted by Gasteiger charge is -2.26. The van der Waals surface area contributed by atoms with Gasteiger partial charge in [0.1, 0.15) is 0 Å². The Morgan fingerprint density at radius 1 is 1.05 bits per heavy atom. The molecule has 0 unspecified atom stereocenters. The quantitative estimate of drug-likeness (QED) is 0.880. The number of nitrogens with zero attached hydrogens (tertiary/aromatic N) is 1. The van der Waals surface area contributed by atoms with Crippen LogP contribution in [0.5, 0.6) is 0 Å². The molecule has 0 aliphatic carbocycles. The standard InChI is InChI=1S/C17H20N2/c1-2-19(15-8-4-3-5-9-15)16-11-10-14-7-6-12-18-17(14)13-16/h3-5,8-11,13,18H,2,6-7,12H2,1H3. The predicted octanol–water partition coefficient (Wildman–Crippen LogP) is 4.20. The predicted molar refractivity (Wildman–Crippen MR) is 82.4 cm³/mol. The summed E-state index contributed by atoms with van der Waals surface area (Å²) in [6.45, 7) is 4.26. The van der Waals surface area contributed by atoms with Crippen molar-refractivity contribution in [3.8, 4) is 0 Å². The fourth-order valence-electron chi connectivity index (χ4n) is 2.74. The molecule has 0 amide bonds. The zero-order chi connectivity index (χ0) is 13.1. The van der Waals surface area contributed by atoms with Crippen LogP contribution < -0.4 is 10.2 Å². The third kappa shape index (κ3) is 2.43. The molecule has 0 bridgehead atoms. The van der Waals surface area contributed by atoms with Gasteiger partial charge in [-0.05, 0) is 49.6 Å². The molecular formula is C17H20N2. The Morgan fingerprint density at radius 2 is 1.89 bits per heavy atom. The molecule has 0 saturated carbocycles. The van der Waals surface area contributed by atoms with Crippen molar-refractivity contribution in [3.05, 3.63) is 54.1 Å². The molecule has 3 rings (SSSR count). The van der Waals surface area contributed by atoms with Crippen LogP contribution in [0.25, 0.3) is 0 Å². The van der Waals surface area contributed by atoms with E-state index in [9.17, 15) is 0 Å². The molecule has 0 atom stereocenters. The van der Waals surface area contributed by atoms with Gasteiger partial charge in [0.25, 0.3) is 0 Å². The average Bonchev–Trinajstić information content (AvgIpc) is 2.49. The molecule has 1 aliphatic heterocycles. The van der Waals surface area contributed by atoms with Crippen LogP contribution in [0, 0.1) is 0 Å². The van der Waals surface area contributed by atoms with Crippen molar-refractivity contribution in [1.29, 1.82) is 0 Å². The summed E-state index contributed by atoms with van der Waals surface area (Å²) in [7, 11) is 0. The van der Waals surface area contributed by atoms with Gasteiger partial charge in [-0.1, -0.05) is 24.3 Å². The molecule has 98 valence electrons. The molecule has 0 fully saturated rings. The zero-order valence-electron chi connectivity index (χ0n) is 11.4. The second kappa shape index (κ2) is 5.35. The highest BCUT2D eigenvalue weighted by molar-refractivity contribution is 5.69. The molecule has 2 aromatic rings. The maximum absolute atomic E-state index is 3.51. The third-order valence-corrected chi connectivity index (χ3v) is 3.73. The number of nitrogens with one attached hydrogen (secondary N) is 1. The Bertz CT molecular complexity index is 548. The molecule has 0 spiro atoms. The molecule has 0 radical (unpaired) electrons. The summed E-state index contributed by atoms with van der Waals surface area (Å²) in [4.78, 5) is 2.34. The van der Waals surface area contributed by atoms with Gasteiger partial charge < -0.3 is 10.2 Å². The SMILES string of the molecule is CCN(c1ccccc1)c1ccc2c(c1)NCCC2. The van der Waals surface area contributed by atoms with Gasteiger partial charge in [0.15, 0.2) is 0 Å². The first-order valence-corrected chi connectivity index (χ1v) is 7.08. The van der Waals surface area contributed by atoms with Crippen LogP contribution in [0.3, 0.4) is 0 Å². The number of para-hydroxylation sites is 1. The average molecular weight is 252 g/mol. The fourth-order valence-corrected chi connectivity index (χ4v) is 2.74. The Morgan fingerprint density at radius 3 is 2.68 bits per heavy atom. The molecule has 2 heteroatoms. The van der Waals surface area contributed by atoms with Crippen LogP contribution >= 0.6 is 0 Å². The van der Waals surface area contributed by atoms with Crippen molar-refractivity contribution in [2.75, 3.05) is 23.3 Å². The Hall–Kier alpha value is -1.96. The second-order valence-corrected chi connectivity index (χ2v) is 4.95. The number of anilines is 3. The molecule has 1 aliphatic rings. The topological polar surface area (TPSA) is 15.3 Å². The number of hydrogen-bond acceptors (Lipinski definition) is 2. The van der Waals surface area contributed by atoms with Crippen LogP contribution in [0.2, 0.25) is 0 Å². The number of fused-ring (bicyclic) bond motifs is 1. The highest BCUT2D eigenvalue weighted by atomic mass is 15.1. The van der Waals surface area contributed by atoms with E-state index in [0.717, 1.165) is 13.1 Å². The van der Waals surface area contributed by atoms with E-state index in [1.54, 1.807) is 0 Å². The van der Waals surface area contributed by atoms with E-state index < -0.39 is 0 Å². The normalized spacial score (nSPS) is 13.5. The number of hydrogen-bond donors (Lipinski definition) is 1. The van der Waals surface area contributed by atoms with Gasteiger partial charge in [0.05, 0.1) is 0 Å². The third-order valence-electron chi connectivity index (χ3n) is 3.73. The molecule has 2 nitrogen and oxygen atoms in total. The first-order chi connectivity index (χ1) is 9.38. The summed E-state index contributed by atoms with van der Waals surface area (Å²) in [5.41, 5.74) is 5.26. The van der Waals surface area contributed by atoms with Crippen molar-refractivity contribution in [2.45, 2.75) is 19.8 Å². The van der Waals surface area contributed by atoms with E-state index in [2.05, 4.69) is 65.7 Å². The largest absolute Gasteiger partial charge is 0.385 e. The van der Waals surface area contributed by atoms with Crippen LogP contribution in [0.15, 0.2) is 48.5 Å². The monoisotopic (exact) mass is 252 g/mol. The fraction of sp³-hybridized carbons (Fsp3) is 0.294. The summed E-state index contributed by atoms with van der Waals surface area (Å²) in [5.74, 6) is 0. The molecule has 1 heterocycles. The first-order valence-electron chi connectivity index (χ1n) is 7.08. The van der Waals surface area contributed by atoms with E-state index in [0.29, 0.717) is 0 Å². The highest BCUT2D eigenvalue weighted by Crippen LogP contribution is 2.31. The van der Waals surface area contributed by atoms with Gasteiger partial charge in [-0.25, -0.2) is 0 Å². The Kier molecular flexibility index (Phi) is 3.41. The minimum absolute atomic E-state index is 0.975. The van der Waals surface area contributed by atoms with Gasteiger partial charge in [0, 0.05) is 30.2 Å². The lowest BCUT2D eigenvalue weighted by atomic mass is 10.0. The van der Waals surface area contributed by atoms with Crippen LogP contribution in [-0.2, 0) is 6.42 Å². The van der Waals surface area contributed by atoms with E-state index >= 15 is 0 Å². The maximum Gasteiger partial charge on any atom is 0.0431 e. The van der Waals surface area contributed by atoms with Crippen molar-refractivity contribution in [1.82, 2.24) is 0 Å². The van der Waals surface area contributed by atoms with Gasteiger partial charge >= 0.3 is 0 Å². The number of benzene rings is 2. The molecular weight excluding hydrogens is 232 g/mol. The van der Waals surface area contributed by atoms with Gasteiger partial charge in [-0.2, -0.15) is 0 Å². The van der Waals surface area contributed by atoms with Crippen molar-refractivity contribution in [3.63, 3.8) is 0 Å². The van der Waals surface area contributed by atoms with Gasteiger partial charge in [0.2, 0.25) is 0 Å². The second-order valence-electron chi connectivity index (χ2n) is 4.95. The lowest BCUT2D eigenvalue weighted by molar-refractivity contribution is 0.829. The molecule has 2 aromatic carbocycles. The van der Waals surface area contributed by atoms with E-state index in [1.807, 2.05) is 0 Å². The summed E-state index contributed by atoms with van der Waals surface area (Å²) in [6.07, 6.45) is 2.43. The summed E-state index contributed by atoms with van der Waals surface area (Å²) < 4.78 is 0. The Balaban J connectivity index is 1.96. The summed E-state index contributed by atoms with van der Waals surface area (Å²) in [5, 5.41) is 3.51. The van der Waals surface area contributed by atoms with Crippen LogP contribution in [0.1, 0.15) is 18.9 Å². The minimum atomic E-state index is 0.975. The number of rotatable bonds is 3. The maximum atomic E-state index is 3.51. The Labute approximate surface area is 115 Å². The van der Waals surface area contributed by atoms with Crippen molar-refractivity contribution in [2.24, 2.45) is 0 Å². The van der Waals surface area contributed by atoms with E-state index in [-0.39, 0.29) is 0 Å². The molecule has 0 aromatic heterocycles. The summed E-state index contributed by atoms with van der Waals surface area (Å²) in [6, 6.07) is 17.4. The smallest absolute Gasteiger partial charge is 0.0431 e.